The number of hydrogen-bond donors (Lipinski definition) is 3. The minimum Gasteiger partial charge on any atom is -0.446 e. The molecular formula is C38H49N5O7S. The van der Waals surface area contributed by atoms with Gasteiger partial charge in [-0.25, -0.2) is 13.2 Å². The molecule has 13 heteroatoms. The summed E-state index contributed by atoms with van der Waals surface area (Å²) in [7, 11) is -3.87. The van der Waals surface area contributed by atoms with E-state index in [1.165, 1.54) is 11.0 Å². The summed E-state index contributed by atoms with van der Waals surface area (Å²) in [6.45, 7) is 11.5. The lowest BCUT2D eigenvalue weighted by molar-refractivity contribution is -0.142. The predicted molar refractivity (Wildman–Crippen MR) is 194 cm³/mol. The molecule has 3 aliphatic carbocycles. The van der Waals surface area contributed by atoms with Crippen LogP contribution in [0.3, 0.4) is 0 Å². The number of carbonyl (C=O) groups is 4. The number of anilines is 1. The Labute approximate surface area is 300 Å². The SMILES string of the molecule is C=C[C@@H]1C[C@]1(NC(=O)[C@@H]1CN(c2ccc(-c3ccccc3C)cc2)CN1C(=O)C(NC(=O)OC1CCCC1)C(C)(C)C)C(=O)NS(=O)(=O)C1CC1. The summed E-state index contributed by atoms with van der Waals surface area (Å²) in [4.78, 5) is 58.6. The molecule has 51 heavy (non-hydrogen) atoms. The van der Waals surface area contributed by atoms with E-state index >= 15 is 0 Å². The third-order valence-electron chi connectivity index (χ3n) is 10.6. The van der Waals surface area contributed by atoms with Gasteiger partial charge in [0, 0.05) is 18.2 Å². The van der Waals surface area contributed by atoms with E-state index in [0.29, 0.717) is 12.8 Å². The summed E-state index contributed by atoms with van der Waals surface area (Å²) >= 11 is 0. The van der Waals surface area contributed by atoms with Crippen molar-refractivity contribution in [3.63, 3.8) is 0 Å². The largest absolute Gasteiger partial charge is 0.446 e. The maximum absolute atomic E-state index is 14.5. The number of benzene rings is 2. The van der Waals surface area contributed by atoms with Crippen LogP contribution in [-0.4, -0.2) is 79.3 Å². The number of aryl methyl sites for hydroxylation is 1. The van der Waals surface area contributed by atoms with Crippen molar-refractivity contribution >= 4 is 39.5 Å². The zero-order valence-corrected chi connectivity index (χ0v) is 30.6. The molecule has 0 aromatic heterocycles. The highest BCUT2D eigenvalue weighted by molar-refractivity contribution is 7.91. The van der Waals surface area contributed by atoms with Crippen LogP contribution in [0.2, 0.25) is 0 Å². The number of hydrogen-bond acceptors (Lipinski definition) is 8. The van der Waals surface area contributed by atoms with Gasteiger partial charge in [-0.1, -0.05) is 63.2 Å². The van der Waals surface area contributed by atoms with Crippen molar-refractivity contribution in [3.05, 3.63) is 66.7 Å². The van der Waals surface area contributed by atoms with Gasteiger partial charge in [0.1, 0.15) is 23.7 Å². The summed E-state index contributed by atoms with van der Waals surface area (Å²) in [6.07, 6.45) is 5.28. The monoisotopic (exact) mass is 719 g/mol. The first-order valence-electron chi connectivity index (χ1n) is 17.8. The van der Waals surface area contributed by atoms with Crippen molar-refractivity contribution in [3.8, 4) is 11.1 Å². The smallest absolute Gasteiger partial charge is 0.408 e. The molecular weight excluding hydrogens is 671 g/mol. The number of carbonyl (C=O) groups excluding carboxylic acids is 4. The third kappa shape index (κ3) is 7.78. The molecule has 4 atom stereocenters. The van der Waals surface area contributed by atoms with Crippen molar-refractivity contribution in [1.82, 2.24) is 20.3 Å². The first kappa shape index (κ1) is 36.4. The van der Waals surface area contributed by atoms with Gasteiger partial charge in [0.15, 0.2) is 0 Å². The number of nitrogens with zero attached hydrogens (tertiary/aromatic N) is 2. The molecule has 4 fully saturated rings. The Hall–Kier alpha value is -4.39. The van der Waals surface area contributed by atoms with E-state index < -0.39 is 68.0 Å². The van der Waals surface area contributed by atoms with Gasteiger partial charge in [-0.15, -0.1) is 6.58 Å². The molecule has 2 aromatic carbocycles. The highest BCUT2D eigenvalue weighted by atomic mass is 32.2. The van der Waals surface area contributed by atoms with Crippen LogP contribution in [0.5, 0.6) is 0 Å². The normalized spacial score (nSPS) is 24.1. The lowest BCUT2D eigenvalue weighted by Crippen LogP contribution is -2.60. The van der Waals surface area contributed by atoms with Crippen molar-refractivity contribution in [1.29, 1.82) is 0 Å². The van der Waals surface area contributed by atoms with E-state index in [1.54, 1.807) is 0 Å². The number of alkyl carbamates (subject to hydrolysis) is 1. The Bertz CT molecular complexity index is 1800. The zero-order chi connectivity index (χ0) is 36.7. The number of rotatable bonds is 11. The van der Waals surface area contributed by atoms with Crippen molar-refractivity contribution in [2.24, 2.45) is 11.3 Å². The van der Waals surface area contributed by atoms with E-state index in [-0.39, 0.29) is 25.7 Å². The minimum atomic E-state index is -3.87. The van der Waals surface area contributed by atoms with Gasteiger partial charge in [-0.3, -0.25) is 19.1 Å². The van der Waals surface area contributed by atoms with Crippen LogP contribution < -0.4 is 20.3 Å². The molecule has 1 heterocycles. The maximum Gasteiger partial charge on any atom is 0.408 e. The van der Waals surface area contributed by atoms with Gasteiger partial charge in [0.05, 0.1) is 11.9 Å². The molecule has 0 spiro atoms. The summed E-state index contributed by atoms with van der Waals surface area (Å²) in [6, 6.07) is 13.8. The Kier molecular flexibility index (Phi) is 9.97. The molecule has 3 saturated carbocycles. The van der Waals surface area contributed by atoms with Gasteiger partial charge >= 0.3 is 6.09 Å². The molecule has 1 saturated heterocycles. The Morgan fingerprint density at radius 2 is 1.67 bits per heavy atom. The average Bonchev–Trinajstić information content (AvgIpc) is 3.96. The van der Waals surface area contributed by atoms with Gasteiger partial charge in [-0.2, -0.15) is 0 Å². The molecule has 4 amide bonds. The van der Waals surface area contributed by atoms with Crippen molar-refractivity contribution in [2.45, 2.75) is 102 Å². The standard InChI is InChI=1S/C38H49N5O7S/c1-6-26-21-38(26,35(46)41-51(48,49)29-19-20-29)40-33(44)31-22-42(27-17-15-25(16-18-27)30-14-10-7-11-24(30)2)23-43(31)34(45)32(37(3,4)5)39-36(47)50-28-12-8-9-13-28/h6-7,10-11,14-18,26,28-29,31-32H,1,8-9,12-13,19-23H2,2-5H3,(H,39,47)(H,40,44)(H,41,46)/t26-,31+,32?,38-/m1/s1. The number of amides is 4. The Balaban J connectivity index is 1.27. The first-order valence-corrected chi connectivity index (χ1v) is 19.4. The first-order chi connectivity index (χ1) is 24.1. The average molecular weight is 720 g/mol. The van der Waals surface area contributed by atoms with Crippen molar-refractivity contribution < 1.29 is 32.3 Å². The van der Waals surface area contributed by atoms with Crippen LogP contribution >= 0.6 is 0 Å². The van der Waals surface area contributed by atoms with Crippen LogP contribution in [0.15, 0.2) is 61.2 Å². The van der Waals surface area contributed by atoms with Crippen LogP contribution in [0.1, 0.15) is 71.3 Å². The molecule has 3 N–H and O–H groups in total. The second kappa shape index (κ2) is 14.0. The molecule has 1 aliphatic heterocycles. The number of nitrogens with one attached hydrogen (secondary N) is 3. The Morgan fingerprint density at radius 3 is 2.25 bits per heavy atom. The summed E-state index contributed by atoms with van der Waals surface area (Å²) in [5, 5.41) is 5.01. The molecule has 2 aromatic rings. The van der Waals surface area contributed by atoms with Gasteiger partial charge in [-0.05, 0) is 86.1 Å². The second-order valence-electron chi connectivity index (χ2n) is 15.5. The fourth-order valence-electron chi connectivity index (χ4n) is 7.17. The van der Waals surface area contributed by atoms with E-state index in [2.05, 4.69) is 28.0 Å². The van der Waals surface area contributed by atoms with Crippen LogP contribution in [0, 0.1) is 18.3 Å². The predicted octanol–water partition coefficient (Wildman–Crippen LogP) is 4.39. The van der Waals surface area contributed by atoms with Crippen LogP contribution in [-0.2, 0) is 29.1 Å². The number of sulfonamides is 1. The van der Waals surface area contributed by atoms with E-state index in [0.717, 1.165) is 48.1 Å². The third-order valence-corrected chi connectivity index (χ3v) is 12.4. The van der Waals surface area contributed by atoms with Gasteiger partial charge in [0.25, 0.3) is 5.91 Å². The summed E-state index contributed by atoms with van der Waals surface area (Å²) in [5.41, 5.74) is 1.77. The summed E-state index contributed by atoms with van der Waals surface area (Å²) in [5.74, 6) is -2.38. The van der Waals surface area contributed by atoms with Gasteiger partial charge in [0.2, 0.25) is 21.8 Å². The molecule has 4 aliphatic rings. The highest BCUT2D eigenvalue weighted by Crippen LogP contribution is 2.45. The molecule has 0 radical (unpaired) electrons. The molecule has 6 rings (SSSR count). The molecule has 274 valence electrons. The fraction of sp³-hybridized carbons (Fsp3) is 0.526. The Morgan fingerprint density at radius 1 is 1.00 bits per heavy atom. The molecule has 1 unspecified atom stereocenters. The van der Waals surface area contributed by atoms with E-state index in [9.17, 15) is 27.6 Å². The van der Waals surface area contributed by atoms with Crippen molar-refractivity contribution in [2.75, 3.05) is 18.1 Å². The zero-order valence-electron chi connectivity index (χ0n) is 29.8. The summed E-state index contributed by atoms with van der Waals surface area (Å²) < 4.78 is 33.2. The quantitative estimate of drug-likeness (QED) is 0.289. The molecule has 0 bridgehead atoms. The topological polar surface area (TPSA) is 154 Å². The van der Waals surface area contributed by atoms with E-state index in [4.69, 9.17) is 4.74 Å². The lowest BCUT2D eigenvalue weighted by atomic mass is 9.85. The minimum absolute atomic E-state index is 0.0344. The number of ether oxygens (including phenoxy) is 1. The van der Waals surface area contributed by atoms with Crippen LogP contribution in [0.25, 0.3) is 11.1 Å². The highest BCUT2D eigenvalue weighted by Gasteiger charge is 2.62. The van der Waals surface area contributed by atoms with Crippen LogP contribution in [0.4, 0.5) is 10.5 Å². The van der Waals surface area contributed by atoms with Gasteiger partial charge < -0.3 is 25.2 Å². The molecule has 12 nitrogen and oxygen atoms in total. The fourth-order valence-corrected chi connectivity index (χ4v) is 8.54. The van der Waals surface area contributed by atoms with E-state index in [1.807, 2.05) is 75.1 Å². The maximum atomic E-state index is 14.5. The second-order valence-corrected chi connectivity index (χ2v) is 17.4. The lowest BCUT2D eigenvalue weighted by Gasteiger charge is -2.35.